The zero-order valence-electron chi connectivity index (χ0n) is 14.6. The Morgan fingerprint density at radius 1 is 1.31 bits per heavy atom. The average molecular weight is 351 g/mol. The van der Waals surface area contributed by atoms with Crippen LogP contribution >= 0.6 is 0 Å². The maximum absolute atomic E-state index is 12.1. The van der Waals surface area contributed by atoms with Crippen molar-refractivity contribution in [2.24, 2.45) is 0 Å². The summed E-state index contributed by atoms with van der Waals surface area (Å²) in [4.78, 5) is 16.2. The van der Waals surface area contributed by atoms with Crippen molar-refractivity contribution in [3.05, 3.63) is 65.5 Å². The molecule has 6 nitrogen and oxygen atoms in total. The van der Waals surface area contributed by atoms with Gasteiger partial charge >= 0.3 is 0 Å². The Labute approximate surface area is 153 Å². The number of para-hydroxylation sites is 1. The lowest BCUT2D eigenvalue weighted by atomic mass is 10.1. The molecule has 0 radical (unpaired) electrons. The van der Waals surface area contributed by atoms with Crippen molar-refractivity contribution < 1.29 is 14.3 Å². The molecule has 0 aliphatic heterocycles. The molecule has 0 atom stereocenters. The first-order chi connectivity index (χ1) is 12.7. The van der Waals surface area contributed by atoms with Gasteiger partial charge in [0.2, 0.25) is 0 Å². The van der Waals surface area contributed by atoms with Crippen LogP contribution in [0.25, 0.3) is 6.08 Å². The molecule has 134 valence electrons. The molecular weight excluding hydrogens is 330 g/mol. The monoisotopic (exact) mass is 351 g/mol. The number of hydrogen-bond acceptors (Lipinski definition) is 5. The molecule has 2 rings (SSSR count). The number of amides is 1. The minimum absolute atomic E-state index is 0.0276. The summed E-state index contributed by atoms with van der Waals surface area (Å²) in [5.74, 6) is 0.182. The Balaban J connectivity index is 2.07. The normalized spacial score (nSPS) is 10.8. The topological polar surface area (TPSA) is 84.2 Å². The molecule has 26 heavy (non-hydrogen) atoms. The van der Waals surface area contributed by atoms with Crippen LogP contribution in [-0.2, 0) is 16.1 Å². The molecule has 0 spiro atoms. The second kappa shape index (κ2) is 10.6. The molecule has 0 saturated carbocycles. The van der Waals surface area contributed by atoms with Crippen molar-refractivity contribution in [3.63, 3.8) is 0 Å². The molecule has 2 aromatic rings. The Bertz CT molecular complexity index is 782. The smallest absolute Gasteiger partial charge is 0.261 e. The molecule has 0 bridgehead atoms. The predicted octanol–water partition coefficient (Wildman–Crippen LogP) is 2.72. The minimum Gasteiger partial charge on any atom is -0.488 e. The SMILES string of the molecule is COCCCNC(=O)/C(C#N)=C\c1ccccc1OCc1cccnc1. The first-order valence-corrected chi connectivity index (χ1v) is 8.24. The third kappa shape index (κ3) is 6.04. The summed E-state index contributed by atoms with van der Waals surface area (Å²) in [5.41, 5.74) is 1.63. The van der Waals surface area contributed by atoms with Gasteiger partial charge < -0.3 is 14.8 Å². The number of benzene rings is 1. The maximum Gasteiger partial charge on any atom is 0.261 e. The average Bonchev–Trinajstić information content (AvgIpc) is 2.69. The van der Waals surface area contributed by atoms with Gasteiger partial charge in [0.15, 0.2) is 0 Å². The fraction of sp³-hybridized carbons (Fsp3) is 0.250. The Hall–Kier alpha value is -3.17. The molecule has 0 saturated heterocycles. The van der Waals surface area contributed by atoms with Crippen molar-refractivity contribution in [1.29, 1.82) is 5.26 Å². The molecule has 1 heterocycles. The Kier molecular flexibility index (Phi) is 7.84. The second-order valence-corrected chi connectivity index (χ2v) is 5.46. The van der Waals surface area contributed by atoms with E-state index in [1.807, 2.05) is 30.3 Å². The highest BCUT2D eigenvalue weighted by atomic mass is 16.5. The number of nitrogens with zero attached hydrogens (tertiary/aromatic N) is 2. The van der Waals surface area contributed by atoms with Crippen LogP contribution in [0.2, 0.25) is 0 Å². The van der Waals surface area contributed by atoms with Crippen LogP contribution in [0, 0.1) is 11.3 Å². The van der Waals surface area contributed by atoms with Gasteiger partial charge in [-0.05, 0) is 24.6 Å². The van der Waals surface area contributed by atoms with E-state index < -0.39 is 5.91 Å². The number of ether oxygens (including phenoxy) is 2. The molecule has 0 aliphatic rings. The summed E-state index contributed by atoms with van der Waals surface area (Å²) >= 11 is 0. The van der Waals surface area contributed by atoms with Gasteiger partial charge in [-0.2, -0.15) is 5.26 Å². The molecule has 6 heteroatoms. The number of nitriles is 1. The number of aromatic nitrogens is 1. The van der Waals surface area contributed by atoms with Crippen molar-refractivity contribution in [3.8, 4) is 11.8 Å². The van der Waals surface area contributed by atoms with Gasteiger partial charge in [0, 0.05) is 43.8 Å². The molecule has 0 unspecified atom stereocenters. The van der Waals surface area contributed by atoms with Gasteiger partial charge in [-0.15, -0.1) is 0 Å². The molecule has 1 N–H and O–H groups in total. The summed E-state index contributed by atoms with van der Waals surface area (Å²) < 4.78 is 10.8. The second-order valence-electron chi connectivity index (χ2n) is 5.46. The van der Waals surface area contributed by atoms with E-state index in [0.717, 1.165) is 5.56 Å². The molecular formula is C20H21N3O3. The van der Waals surface area contributed by atoms with Crippen LogP contribution < -0.4 is 10.1 Å². The van der Waals surface area contributed by atoms with Gasteiger partial charge in [0.05, 0.1) is 0 Å². The van der Waals surface area contributed by atoms with Gasteiger partial charge in [0.1, 0.15) is 24.0 Å². The lowest BCUT2D eigenvalue weighted by Crippen LogP contribution is -2.26. The Morgan fingerprint density at radius 3 is 2.88 bits per heavy atom. The summed E-state index contributed by atoms with van der Waals surface area (Å²) in [7, 11) is 1.60. The number of rotatable bonds is 9. The highest BCUT2D eigenvalue weighted by molar-refractivity contribution is 6.01. The lowest BCUT2D eigenvalue weighted by molar-refractivity contribution is -0.117. The van der Waals surface area contributed by atoms with Crippen molar-refractivity contribution in [1.82, 2.24) is 10.3 Å². The Morgan fingerprint density at radius 2 is 2.15 bits per heavy atom. The highest BCUT2D eigenvalue weighted by Gasteiger charge is 2.10. The van der Waals surface area contributed by atoms with E-state index in [0.29, 0.717) is 37.5 Å². The molecule has 1 aromatic carbocycles. The summed E-state index contributed by atoms with van der Waals surface area (Å²) in [6.07, 6.45) is 5.65. The van der Waals surface area contributed by atoms with Crippen molar-refractivity contribution in [2.45, 2.75) is 13.0 Å². The van der Waals surface area contributed by atoms with Crippen LogP contribution in [0.4, 0.5) is 0 Å². The van der Waals surface area contributed by atoms with Crippen LogP contribution in [0.3, 0.4) is 0 Å². The van der Waals surface area contributed by atoms with E-state index in [9.17, 15) is 10.1 Å². The highest BCUT2D eigenvalue weighted by Crippen LogP contribution is 2.22. The van der Waals surface area contributed by atoms with Crippen LogP contribution in [0.5, 0.6) is 5.75 Å². The van der Waals surface area contributed by atoms with Crippen molar-refractivity contribution in [2.75, 3.05) is 20.3 Å². The van der Waals surface area contributed by atoms with E-state index in [2.05, 4.69) is 10.3 Å². The minimum atomic E-state index is -0.411. The molecule has 0 aliphatic carbocycles. The largest absolute Gasteiger partial charge is 0.488 e. The lowest BCUT2D eigenvalue weighted by Gasteiger charge is -2.10. The molecule has 1 aromatic heterocycles. The maximum atomic E-state index is 12.1. The van der Waals surface area contributed by atoms with Crippen LogP contribution in [-0.4, -0.2) is 31.2 Å². The predicted molar refractivity (Wildman–Crippen MR) is 98.1 cm³/mol. The van der Waals surface area contributed by atoms with Crippen LogP contribution in [0.15, 0.2) is 54.4 Å². The van der Waals surface area contributed by atoms with Gasteiger partial charge in [-0.25, -0.2) is 0 Å². The van der Waals surface area contributed by atoms with E-state index in [1.165, 1.54) is 6.08 Å². The van der Waals surface area contributed by atoms with E-state index in [-0.39, 0.29) is 5.57 Å². The quantitative estimate of drug-likeness (QED) is 0.427. The zero-order valence-corrected chi connectivity index (χ0v) is 14.6. The first kappa shape index (κ1) is 19.2. The van der Waals surface area contributed by atoms with E-state index in [4.69, 9.17) is 9.47 Å². The fourth-order valence-electron chi connectivity index (χ4n) is 2.19. The number of methoxy groups -OCH3 is 1. The fourth-order valence-corrected chi connectivity index (χ4v) is 2.19. The molecule has 0 fully saturated rings. The van der Waals surface area contributed by atoms with Gasteiger partial charge in [-0.3, -0.25) is 9.78 Å². The number of carbonyl (C=O) groups is 1. The standard InChI is InChI=1S/C20H21N3O3/c1-25-11-5-10-23-20(24)18(13-21)12-17-7-2-3-8-19(17)26-15-16-6-4-9-22-14-16/h2-4,6-9,12,14H,5,10-11,15H2,1H3,(H,23,24)/b18-12-. The summed E-state index contributed by atoms with van der Waals surface area (Å²) in [6, 6.07) is 13.0. The number of carbonyl (C=O) groups excluding carboxylic acids is 1. The summed E-state index contributed by atoms with van der Waals surface area (Å²) in [6.45, 7) is 1.35. The van der Waals surface area contributed by atoms with E-state index >= 15 is 0 Å². The first-order valence-electron chi connectivity index (χ1n) is 8.24. The molecule has 1 amide bonds. The number of hydrogen-bond donors (Lipinski definition) is 1. The third-order valence-corrected chi connectivity index (χ3v) is 3.51. The summed E-state index contributed by atoms with van der Waals surface area (Å²) in [5, 5.41) is 12.0. The zero-order chi connectivity index (χ0) is 18.6. The van der Waals surface area contributed by atoms with Crippen molar-refractivity contribution >= 4 is 12.0 Å². The number of pyridine rings is 1. The van der Waals surface area contributed by atoms with E-state index in [1.54, 1.807) is 31.6 Å². The van der Waals surface area contributed by atoms with Gasteiger partial charge in [-0.1, -0.05) is 24.3 Å². The van der Waals surface area contributed by atoms with Crippen LogP contribution in [0.1, 0.15) is 17.5 Å². The van der Waals surface area contributed by atoms with Gasteiger partial charge in [0.25, 0.3) is 5.91 Å². The third-order valence-electron chi connectivity index (χ3n) is 3.51. The number of nitrogens with one attached hydrogen (secondary N) is 1.